The summed E-state index contributed by atoms with van der Waals surface area (Å²) in [6.07, 6.45) is 0. The molecule has 0 fully saturated rings. The Labute approximate surface area is 171 Å². The van der Waals surface area contributed by atoms with Crippen molar-refractivity contribution in [2.24, 2.45) is 5.92 Å². The van der Waals surface area contributed by atoms with Crippen molar-refractivity contribution in [2.75, 3.05) is 11.4 Å². The second-order valence-corrected chi connectivity index (χ2v) is 8.15. The number of benzene rings is 2. The van der Waals surface area contributed by atoms with Crippen molar-refractivity contribution >= 4 is 32.6 Å². The van der Waals surface area contributed by atoms with E-state index in [-0.39, 0.29) is 23.5 Å². The third kappa shape index (κ3) is 3.88. The van der Waals surface area contributed by atoms with Gasteiger partial charge in [0.25, 0.3) is 5.91 Å². The number of aromatic nitrogens is 4. The number of para-hydroxylation sites is 1. The predicted octanol–water partition coefficient (Wildman–Crippen LogP) is 4.63. The number of carbonyl (C=O) groups is 1. The van der Waals surface area contributed by atoms with Crippen LogP contribution < -0.4 is 4.90 Å². The Bertz CT molecular complexity index is 1130. The van der Waals surface area contributed by atoms with Gasteiger partial charge in [0.1, 0.15) is 11.6 Å². The molecule has 0 aliphatic heterocycles. The first-order valence-corrected chi connectivity index (χ1v) is 10.1. The van der Waals surface area contributed by atoms with E-state index in [0.717, 1.165) is 10.2 Å². The first kappa shape index (κ1) is 19.2. The molecule has 0 radical (unpaired) electrons. The molecular formula is C21H20FN5OS. The van der Waals surface area contributed by atoms with Gasteiger partial charge in [-0.1, -0.05) is 37.3 Å². The molecule has 2 heterocycles. The SMILES string of the molecule is Cc1nc(C(=O)N(CC(C)C)c2nc3ccccc3s2)nn1-c1ccc(F)cc1. The molecule has 0 N–H and O–H groups in total. The van der Waals surface area contributed by atoms with Crippen LogP contribution in [0, 0.1) is 18.7 Å². The van der Waals surface area contributed by atoms with Gasteiger partial charge < -0.3 is 0 Å². The largest absolute Gasteiger partial charge is 0.299 e. The molecule has 8 heteroatoms. The summed E-state index contributed by atoms with van der Waals surface area (Å²) in [5.74, 6) is 0.246. The fourth-order valence-electron chi connectivity index (χ4n) is 3.02. The number of carbonyl (C=O) groups excluding carboxylic acids is 1. The molecule has 0 aliphatic rings. The van der Waals surface area contributed by atoms with E-state index < -0.39 is 0 Å². The number of hydrogen-bond acceptors (Lipinski definition) is 5. The van der Waals surface area contributed by atoms with Crippen molar-refractivity contribution in [3.8, 4) is 5.69 Å². The number of fused-ring (bicyclic) bond motifs is 1. The van der Waals surface area contributed by atoms with Gasteiger partial charge in [0.2, 0.25) is 5.82 Å². The highest BCUT2D eigenvalue weighted by Gasteiger charge is 2.26. The van der Waals surface area contributed by atoms with Crippen LogP contribution in [0.1, 0.15) is 30.3 Å². The third-order valence-electron chi connectivity index (χ3n) is 4.34. The zero-order chi connectivity index (χ0) is 20.5. The number of hydrogen-bond donors (Lipinski definition) is 0. The minimum absolute atomic E-state index is 0.0896. The summed E-state index contributed by atoms with van der Waals surface area (Å²) in [5.41, 5.74) is 1.50. The van der Waals surface area contributed by atoms with Crippen molar-refractivity contribution in [3.05, 3.63) is 66.0 Å². The van der Waals surface area contributed by atoms with Gasteiger partial charge in [0, 0.05) is 6.54 Å². The Balaban J connectivity index is 1.71. The minimum atomic E-state index is -0.332. The number of thiazole rings is 1. The van der Waals surface area contributed by atoms with Gasteiger partial charge in [-0.3, -0.25) is 9.69 Å². The predicted molar refractivity (Wildman–Crippen MR) is 112 cm³/mol. The van der Waals surface area contributed by atoms with Crippen molar-refractivity contribution in [3.63, 3.8) is 0 Å². The summed E-state index contributed by atoms with van der Waals surface area (Å²) in [5, 5.41) is 5.01. The van der Waals surface area contributed by atoms with Gasteiger partial charge in [0.05, 0.1) is 15.9 Å². The average molecular weight is 409 g/mol. The van der Waals surface area contributed by atoms with E-state index in [0.29, 0.717) is 23.2 Å². The van der Waals surface area contributed by atoms with E-state index in [4.69, 9.17) is 0 Å². The number of rotatable bonds is 5. The van der Waals surface area contributed by atoms with Crippen molar-refractivity contribution in [1.29, 1.82) is 0 Å². The maximum atomic E-state index is 13.3. The Morgan fingerprint density at radius 3 is 2.55 bits per heavy atom. The summed E-state index contributed by atoms with van der Waals surface area (Å²) < 4.78 is 15.8. The molecule has 0 atom stereocenters. The molecule has 0 unspecified atom stereocenters. The molecule has 4 aromatic rings. The Kier molecular flexibility index (Phi) is 5.10. The highest BCUT2D eigenvalue weighted by atomic mass is 32.1. The van der Waals surface area contributed by atoms with Crippen LogP contribution in [0.3, 0.4) is 0 Å². The lowest BCUT2D eigenvalue weighted by atomic mass is 10.2. The maximum absolute atomic E-state index is 13.3. The molecule has 0 saturated carbocycles. The Morgan fingerprint density at radius 2 is 1.86 bits per heavy atom. The lowest BCUT2D eigenvalue weighted by Crippen LogP contribution is -2.35. The standard InChI is InChI=1S/C21H20FN5OS/c1-13(2)12-26(21-24-17-6-4-5-7-18(17)29-21)20(28)19-23-14(3)27(25-19)16-10-8-15(22)9-11-16/h4-11,13H,12H2,1-3H3. The van der Waals surface area contributed by atoms with Crippen molar-refractivity contribution < 1.29 is 9.18 Å². The first-order valence-electron chi connectivity index (χ1n) is 9.29. The van der Waals surface area contributed by atoms with Gasteiger partial charge in [-0.2, -0.15) is 0 Å². The third-order valence-corrected chi connectivity index (χ3v) is 5.40. The second-order valence-electron chi connectivity index (χ2n) is 7.14. The summed E-state index contributed by atoms with van der Waals surface area (Å²) in [7, 11) is 0. The average Bonchev–Trinajstić information content (AvgIpc) is 3.29. The molecule has 148 valence electrons. The molecular weight excluding hydrogens is 389 g/mol. The number of halogens is 1. The van der Waals surface area contributed by atoms with Gasteiger partial charge in [-0.15, -0.1) is 5.10 Å². The van der Waals surface area contributed by atoms with Gasteiger partial charge in [-0.05, 0) is 49.2 Å². The number of nitrogens with zero attached hydrogens (tertiary/aromatic N) is 5. The van der Waals surface area contributed by atoms with E-state index >= 15 is 0 Å². The summed E-state index contributed by atoms with van der Waals surface area (Å²) in [6.45, 7) is 6.35. The van der Waals surface area contributed by atoms with Crippen LogP contribution in [0.4, 0.5) is 9.52 Å². The molecule has 2 aromatic heterocycles. The fourth-order valence-corrected chi connectivity index (χ4v) is 3.99. The van der Waals surface area contributed by atoms with Gasteiger partial charge in [0.15, 0.2) is 5.13 Å². The second kappa shape index (κ2) is 7.71. The molecule has 6 nitrogen and oxygen atoms in total. The fraction of sp³-hybridized carbons (Fsp3) is 0.238. The van der Waals surface area contributed by atoms with Gasteiger partial charge in [-0.25, -0.2) is 19.0 Å². The molecule has 0 aliphatic carbocycles. The van der Waals surface area contributed by atoms with Crippen LogP contribution in [0.25, 0.3) is 15.9 Å². The van der Waals surface area contributed by atoms with Crippen LogP contribution in [0.5, 0.6) is 0 Å². The number of anilines is 1. The highest BCUT2D eigenvalue weighted by Crippen LogP contribution is 2.30. The van der Waals surface area contributed by atoms with Crippen LogP contribution in [0.2, 0.25) is 0 Å². The molecule has 4 rings (SSSR count). The highest BCUT2D eigenvalue weighted by molar-refractivity contribution is 7.22. The van der Waals surface area contributed by atoms with Crippen LogP contribution in [0.15, 0.2) is 48.5 Å². The van der Waals surface area contributed by atoms with Gasteiger partial charge >= 0.3 is 0 Å². The zero-order valence-corrected chi connectivity index (χ0v) is 17.2. The number of amides is 1. The molecule has 29 heavy (non-hydrogen) atoms. The zero-order valence-electron chi connectivity index (χ0n) is 16.3. The van der Waals surface area contributed by atoms with E-state index in [1.165, 1.54) is 23.5 Å². The maximum Gasteiger partial charge on any atom is 0.299 e. The quantitative estimate of drug-likeness (QED) is 0.482. The Morgan fingerprint density at radius 1 is 1.14 bits per heavy atom. The number of aryl methyl sites for hydroxylation is 1. The lowest BCUT2D eigenvalue weighted by molar-refractivity contribution is 0.0974. The normalized spacial score (nSPS) is 11.3. The molecule has 2 aromatic carbocycles. The summed E-state index contributed by atoms with van der Waals surface area (Å²) >= 11 is 1.47. The van der Waals surface area contributed by atoms with E-state index in [9.17, 15) is 9.18 Å². The van der Waals surface area contributed by atoms with E-state index in [1.807, 2.05) is 38.1 Å². The minimum Gasteiger partial charge on any atom is -0.281 e. The topological polar surface area (TPSA) is 63.9 Å². The van der Waals surface area contributed by atoms with Crippen LogP contribution in [-0.4, -0.2) is 32.2 Å². The smallest absolute Gasteiger partial charge is 0.281 e. The van der Waals surface area contributed by atoms with Crippen molar-refractivity contribution in [2.45, 2.75) is 20.8 Å². The molecule has 0 bridgehead atoms. The van der Waals surface area contributed by atoms with Crippen LogP contribution >= 0.6 is 11.3 Å². The first-order chi connectivity index (χ1) is 13.9. The van der Waals surface area contributed by atoms with E-state index in [2.05, 4.69) is 15.1 Å². The molecule has 0 saturated heterocycles. The van der Waals surface area contributed by atoms with E-state index in [1.54, 1.807) is 28.6 Å². The summed E-state index contributed by atoms with van der Waals surface area (Å²) in [6, 6.07) is 13.7. The lowest BCUT2D eigenvalue weighted by Gasteiger charge is -2.20. The molecule has 0 spiro atoms. The van der Waals surface area contributed by atoms with Crippen LogP contribution in [-0.2, 0) is 0 Å². The van der Waals surface area contributed by atoms with Crippen molar-refractivity contribution in [1.82, 2.24) is 19.7 Å². The summed E-state index contributed by atoms with van der Waals surface area (Å²) in [4.78, 5) is 23.9. The monoisotopic (exact) mass is 409 g/mol. The molecule has 1 amide bonds. The Hall–Kier alpha value is -3.13.